The van der Waals surface area contributed by atoms with Crippen LogP contribution in [0.5, 0.6) is 0 Å². The Morgan fingerprint density at radius 2 is 1.44 bits per heavy atom. The van der Waals surface area contributed by atoms with Crippen molar-refractivity contribution in [1.82, 2.24) is 0 Å². The molecule has 1 unspecified atom stereocenters. The lowest BCUT2D eigenvalue weighted by Gasteiger charge is -2.29. The molecule has 2 aromatic carbocycles. The topological polar surface area (TPSA) is 15.6 Å². The molecule has 2 aromatic rings. The van der Waals surface area contributed by atoms with E-state index in [1.54, 1.807) is 11.8 Å². The lowest BCUT2D eigenvalue weighted by atomic mass is 10.2. The molecule has 0 aromatic heterocycles. The number of hydrogen-bond donors (Lipinski definition) is 0. The quantitative estimate of drug-likeness (QED) is 0.825. The van der Waals surface area contributed by atoms with E-state index < -0.39 is 0 Å². The molecular weight excluding hydrogens is 240 g/mol. The summed E-state index contributed by atoms with van der Waals surface area (Å²) in [5.41, 5.74) is 4.32. The van der Waals surface area contributed by atoms with Crippen LogP contribution in [0.15, 0.2) is 65.7 Å². The Kier molecular flexibility index (Phi) is 3.33. The largest absolute Gasteiger partial charge is 0.318 e. The van der Waals surface area contributed by atoms with E-state index in [4.69, 9.17) is 0 Å². The molecule has 2 nitrogen and oxygen atoms in total. The van der Waals surface area contributed by atoms with Crippen LogP contribution in [0.2, 0.25) is 0 Å². The van der Waals surface area contributed by atoms with Gasteiger partial charge >= 0.3 is 0 Å². The lowest BCUT2D eigenvalue weighted by Crippen LogP contribution is -2.29. The monoisotopic (exact) mass is 254 g/mol. The third kappa shape index (κ3) is 2.27. The number of thioether (sulfide) groups is 1. The average Bonchev–Trinajstić information content (AvgIpc) is 2.95. The molecule has 1 heterocycles. The fourth-order valence-electron chi connectivity index (χ4n) is 2.10. The van der Waals surface area contributed by atoms with E-state index >= 15 is 0 Å². The molecule has 90 valence electrons. The van der Waals surface area contributed by atoms with E-state index in [0.717, 1.165) is 5.75 Å². The van der Waals surface area contributed by atoms with Gasteiger partial charge in [0.15, 0.2) is 0 Å². The summed E-state index contributed by atoms with van der Waals surface area (Å²) in [6, 6.07) is 20.9. The Balaban J connectivity index is 2.01. The van der Waals surface area contributed by atoms with Crippen molar-refractivity contribution in [3.63, 3.8) is 0 Å². The van der Waals surface area contributed by atoms with Gasteiger partial charge in [-0.3, -0.25) is 4.99 Å². The van der Waals surface area contributed by atoms with Crippen LogP contribution in [0.3, 0.4) is 0 Å². The first kappa shape index (κ1) is 11.4. The van der Waals surface area contributed by atoms with Crippen molar-refractivity contribution in [3.8, 4) is 0 Å². The zero-order valence-corrected chi connectivity index (χ0v) is 10.8. The van der Waals surface area contributed by atoms with Crippen molar-refractivity contribution >= 4 is 28.7 Å². The Morgan fingerprint density at radius 1 is 0.889 bits per heavy atom. The first-order valence-corrected chi connectivity index (χ1v) is 7.02. The third-order valence-corrected chi connectivity index (χ3v) is 3.68. The van der Waals surface area contributed by atoms with Crippen molar-refractivity contribution in [3.05, 3.63) is 60.7 Å². The van der Waals surface area contributed by atoms with Gasteiger partial charge in [0.25, 0.3) is 0 Å². The molecule has 0 saturated carbocycles. The van der Waals surface area contributed by atoms with Gasteiger partial charge in [-0.05, 0) is 24.3 Å². The lowest BCUT2D eigenvalue weighted by molar-refractivity contribution is 0.778. The summed E-state index contributed by atoms with van der Waals surface area (Å²) in [7, 11) is 0. The van der Waals surface area contributed by atoms with E-state index in [9.17, 15) is 0 Å². The highest BCUT2D eigenvalue weighted by Crippen LogP contribution is 2.30. The van der Waals surface area contributed by atoms with E-state index in [-0.39, 0.29) is 6.17 Å². The molecule has 0 aliphatic carbocycles. The highest BCUT2D eigenvalue weighted by atomic mass is 32.2. The van der Waals surface area contributed by atoms with Gasteiger partial charge in [-0.15, -0.1) is 11.8 Å². The smallest absolute Gasteiger partial charge is 0.135 e. The average molecular weight is 254 g/mol. The maximum Gasteiger partial charge on any atom is 0.135 e. The SMILES string of the molecule is C1=NC(N(c2ccccc2)c2ccccc2)CS1. The van der Waals surface area contributed by atoms with Gasteiger partial charge in [-0.1, -0.05) is 36.4 Å². The fourth-order valence-corrected chi connectivity index (χ4v) is 2.82. The second-order valence-electron chi connectivity index (χ2n) is 4.11. The van der Waals surface area contributed by atoms with Crippen LogP contribution >= 0.6 is 11.8 Å². The molecule has 0 bridgehead atoms. The molecular formula is C15H14N2S. The van der Waals surface area contributed by atoms with E-state index in [0.29, 0.717) is 0 Å². The molecule has 0 fully saturated rings. The summed E-state index contributed by atoms with van der Waals surface area (Å²) in [5.74, 6) is 1.00. The molecule has 0 N–H and O–H groups in total. The predicted molar refractivity (Wildman–Crippen MR) is 79.8 cm³/mol. The summed E-state index contributed by atoms with van der Waals surface area (Å²) in [5, 5.41) is 0. The minimum atomic E-state index is 0.194. The normalized spacial score (nSPS) is 17.9. The maximum absolute atomic E-state index is 4.55. The predicted octanol–water partition coefficient (Wildman–Crippen LogP) is 3.93. The number of nitrogens with zero attached hydrogens (tertiary/aromatic N) is 2. The zero-order valence-electron chi connectivity index (χ0n) is 9.94. The highest BCUT2D eigenvalue weighted by molar-refractivity contribution is 8.12. The first-order chi connectivity index (χ1) is 8.95. The molecule has 1 aliphatic rings. The van der Waals surface area contributed by atoms with Gasteiger partial charge in [0.05, 0.1) is 5.55 Å². The van der Waals surface area contributed by atoms with Crippen molar-refractivity contribution in [2.45, 2.75) is 6.17 Å². The Labute approximate surface area is 111 Å². The summed E-state index contributed by atoms with van der Waals surface area (Å²) < 4.78 is 0. The number of para-hydroxylation sites is 2. The molecule has 18 heavy (non-hydrogen) atoms. The molecule has 0 saturated heterocycles. The Bertz CT molecular complexity index is 485. The molecule has 1 atom stereocenters. The number of aliphatic imine (C=N–C) groups is 1. The molecule has 1 aliphatic heterocycles. The van der Waals surface area contributed by atoms with Crippen molar-refractivity contribution in [2.75, 3.05) is 10.7 Å². The number of hydrogen-bond acceptors (Lipinski definition) is 3. The van der Waals surface area contributed by atoms with Gasteiger partial charge in [0.2, 0.25) is 0 Å². The minimum absolute atomic E-state index is 0.194. The van der Waals surface area contributed by atoms with Crippen LogP contribution in [0, 0.1) is 0 Å². The minimum Gasteiger partial charge on any atom is -0.318 e. The maximum atomic E-state index is 4.55. The van der Waals surface area contributed by atoms with E-state index in [1.165, 1.54) is 11.4 Å². The molecule has 0 radical (unpaired) electrons. The molecule has 3 rings (SSSR count). The summed E-state index contributed by atoms with van der Waals surface area (Å²) in [6.45, 7) is 0. The number of benzene rings is 2. The Morgan fingerprint density at radius 3 is 1.89 bits per heavy atom. The summed E-state index contributed by atoms with van der Waals surface area (Å²) >= 11 is 1.77. The third-order valence-electron chi connectivity index (χ3n) is 2.92. The van der Waals surface area contributed by atoms with E-state index in [1.807, 2.05) is 17.7 Å². The van der Waals surface area contributed by atoms with Crippen LogP contribution in [-0.2, 0) is 0 Å². The van der Waals surface area contributed by atoms with Gasteiger partial charge in [0.1, 0.15) is 6.17 Å². The second kappa shape index (κ2) is 5.27. The highest BCUT2D eigenvalue weighted by Gasteiger charge is 2.21. The summed E-state index contributed by atoms with van der Waals surface area (Å²) in [6.07, 6.45) is 0.194. The zero-order chi connectivity index (χ0) is 12.2. The van der Waals surface area contributed by atoms with Crippen LogP contribution in [0.25, 0.3) is 0 Å². The number of anilines is 2. The molecule has 0 amide bonds. The van der Waals surface area contributed by atoms with E-state index in [2.05, 4.69) is 58.4 Å². The van der Waals surface area contributed by atoms with Crippen LogP contribution in [0.4, 0.5) is 11.4 Å². The first-order valence-electron chi connectivity index (χ1n) is 5.98. The summed E-state index contributed by atoms with van der Waals surface area (Å²) in [4.78, 5) is 6.84. The standard InChI is InChI=1S/C15H14N2S/c1-3-7-13(8-4-1)17(15-11-18-12-16-15)14-9-5-2-6-10-14/h1-10,12,15H,11H2. The van der Waals surface area contributed by atoms with Crippen LogP contribution in [-0.4, -0.2) is 17.5 Å². The van der Waals surface area contributed by atoms with Crippen molar-refractivity contribution < 1.29 is 0 Å². The second-order valence-corrected chi connectivity index (χ2v) is 4.99. The molecule has 3 heteroatoms. The van der Waals surface area contributed by atoms with Gasteiger partial charge in [-0.2, -0.15) is 0 Å². The van der Waals surface area contributed by atoms with Crippen molar-refractivity contribution in [1.29, 1.82) is 0 Å². The molecule has 0 spiro atoms. The van der Waals surface area contributed by atoms with Gasteiger partial charge in [-0.25, -0.2) is 0 Å². The number of rotatable bonds is 3. The van der Waals surface area contributed by atoms with Crippen LogP contribution in [0.1, 0.15) is 0 Å². The van der Waals surface area contributed by atoms with Gasteiger partial charge in [0, 0.05) is 17.1 Å². The van der Waals surface area contributed by atoms with Gasteiger partial charge < -0.3 is 4.90 Å². The Hall–Kier alpha value is -1.74. The fraction of sp³-hybridized carbons (Fsp3) is 0.133. The van der Waals surface area contributed by atoms with Crippen molar-refractivity contribution in [2.24, 2.45) is 4.99 Å². The van der Waals surface area contributed by atoms with Crippen LogP contribution < -0.4 is 4.90 Å².